The first kappa shape index (κ1) is 10.3. The number of aromatic nitrogens is 1. The molecule has 0 amide bonds. The minimum absolute atomic E-state index is 0.308. The number of nitrogens with zero attached hydrogens (tertiary/aromatic N) is 1. The molecule has 0 radical (unpaired) electrons. The van der Waals surface area contributed by atoms with E-state index in [4.69, 9.17) is 5.11 Å². The third-order valence-corrected chi connectivity index (χ3v) is 3.36. The molecule has 0 aromatic carbocycles. The average molecular weight is 207 g/mol. The summed E-state index contributed by atoms with van der Waals surface area (Å²) < 4.78 is 2.24. The molecule has 1 fully saturated rings. The van der Waals surface area contributed by atoms with E-state index >= 15 is 0 Å². The highest BCUT2D eigenvalue weighted by molar-refractivity contribution is 5.66. The minimum atomic E-state index is -0.673. The zero-order valence-electron chi connectivity index (χ0n) is 8.80. The molecule has 3 nitrogen and oxygen atoms in total. The van der Waals surface area contributed by atoms with Crippen molar-refractivity contribution in [3.8, 4) is 0 Å². The molecule has 1 aliphatic rings. The van der Waals surface area contributed by atoms with Gasteiger partial charge in [-0.25, -0.2) is 0 Å². The Morgan fingerprint density at radius 2 is 2.07 bits per heavy atom. The fraction of sp³-hybridized carbons (Fsp3) is 0.583. The van der Waals surface area contributed by atoms with Gasteiger partial charge in [0.05, 0.1) is 0 Å². The highest BCUT2D eigenvalue weighted by atomic mass is 16.4. The molecule has 1 N–H and O–H groups in total. The number of rotatable bonds is 4. The standard InChI is InChI=1S/C12H17NO2/c14-12(15)7-6-10-4-3-5-11(10)13-8-1-2-9-13/h1-2,8-11H,3-7H2,(H,14,15). The van der Waals surface area contributed by atoms with Gasteiger partial charge in [0.15, 0.2) is 0 Å². The van der Waals surface area contributed by atoms with Crippen LogP contribution < -0.4 is 0 Å². The Bertz CT molecular complexity index is 318. The van der Waals surface area contributed by atoms with Crippen LogP contribution in [0, 0.1) is 5.92 Å². The Labute approximate surface area is 89.7 Å². The Kier molecular flexibility index (Phi) is 3.09. The van der Waals surface area contributed by atoms with Gasteiger partial charge in [-0.2, -0.15) is 0 Å². The first-order chi connectivity index (χ1) is 7.27. The van der Waals surface area contributed by atoms with Crippen LogP contribution in [0.15, 0.2) is 24.5 Å². The molecule has 0 spiro atoms. The van der Waals surface area contributed by atoms with Gasteiger partial charge in [-0.15, -0.1) is 0 Å². The van der Waals surface area contributed by atoms with Crippen LogP contribution in [0.25, 0.3) is 0 Å². The van der Waals surface area contributed by atoms with Gasteiger partial charge in [0.1, 0.15) is 0 Å². The summed E-state index contributed by atoms with van der Waals surface area (Å²) in [6, 6.07) is 4.60. The van der Waals surface area contributed by atoms with Gasteiger partial charge in [-0.05, 0) is 37.3 Å². The van der Waals surface area contributed by atoms with Crippen LogP contribution in [0.1, 0.15) is 38.1 Å². The molecule has 1 aliphatic carbocycles. The lowest BCUT2D eigenvalue weighted by Crippen LogP contribution is -2.13. The quantitative estimate of drug-likeness (QED) is 0.824. The molecule has 0 saturated heterocycles. The van der Waals surface area contributed by atoms with Crippen molar-refractivity contribution < 1.29 is 9.90 Å². The second kappa shape index (κ2) is 4.51. The molecule has 2 atom stereocenters. The van der Waals surface area contributed by atoms with Gasteiger partial charge in [-0.1, -0.05) is 6.42 Å². The second-order valence-electron chi connectivity index (χ2n) is 4.32. The first-order valence-corrected chi connectivity index (χ1v) is 5.61. The summed E-state index contributed by atoms with van der Waals surface area (Å²) in [5.74, 6) is -0.123. The summed E-state index contributed by atoms with van der Waals surface area (Å²) in [4.78, 5) is 10.5. The maximum atomic E-state index is 10.5. The lowest BCUT2D eigenvalue weighted by Gasteiger charge is -2.20. The van der Waals surface area contributed by atoms with E-state index in [9.17, 15) is 4.79 Å². The molecule has 82 valence electrons. The maximum Gasteiger partial charge on any atom is 0.303 e. The lowest BCUT2D eigenvalue weighted by molar-refractivity contribution is -0.137. The molecule has 2 rings (SSSR count). The number of carboxylic acid groups (broad SMARTS) is 1. The van der Waals surface area contributed by atoms with Crippen LogP contribution in [-0.4, -0.2) is 15.6 Å². The highest BCUT2D eigenvalue weighted by Gasteiger charge is 2.28. The number of aliphatic carboxylic acids is 1. The monoisotopic (exact) mass is 207 g/mol. The van der Waals surface area contributed by atoms with Crippen molar-refractivity contribution in [3.63, 3.8) is 0 Å². The fourth-order valence-electron chi connectivity index (χ4n) is 2.62. The van der Waals surface area contributed by atoms with Crippen molar-refractivity contribution in [1.29, 1.82) is 0 Å². The molecular weight excluding hydrogens is 190 g/mol. The number of hydrogen-bond donors (Lipinski definition) is 1. The van der Waals surface area contributed by atoms with E-state index in [0.717, 1.165) is 6.42 Å². The van der Waals surface area contributed by atoms with Crippen molar-refractivity contribution in [2.24, 2.45) is 5.92 Å². The number of carboxylic acids is 1. The van der Waals surface area contributed by atoms with Crippen molar-refractivity contribution in [2.45, 2.75) is 38.1 Å². The molecular formula is C12H17NO2. The van der Waals surface area contributed by atoms with Gasteiger partial charge >= 0.3 is 5.97 Å². The highest BCUT2D eigenvalue weighted by Crippen LogP contribution is 2.38. The Hall–Kier alpha value is -1.25. The summed E-state index contributed by atoms with van der Waals surface area (Å²) in [6.07, 6.45) is 8.90. The lowest BCUT2D eigenvalue weighted by atomic mass is 9.97. The molecule has 1 aromatic heterocycles. The van der Waals surface area contributed by atoms with Crippen LogP contribution in [0.3, 0.4) is 0 Å². The summed E-state index contributed by atoms with van der Waals surface area (Å²) in [6.45, 7) is 0. The average Bonchev–Trinajstić information content (AvgIpc) is 2.85. The Balaban J connectivity index is 1.96. The van der Waals surface area contributed by atoms with E-state index in [1.165, 1.54) is 19.3 Å². The zero-order chi connectivity index (χ0) is 10.7. The van der Waals surface area contributed by atoms with Gasteiger partial charge in [0, 0.05) is 24.9 Å². The maximum absolute atomic E-state index is 10.5. The number of carbonyl (C=O) groups is 1. The van der Waals surface area contributed by atoms with Crippen LogP contribution in [-0.2, 0) is 4.79 Å². The fourth-order valence-corrected chi connectivity index (χ4v) is 2.62. The van der Waals surface area contributed by atoms with E-state index in [2.05, 4.69) is 17.0 Å². The van der Waals surface area contributed by atoms with Crippen LogP contribution in [0.4, 0.5) is 0 Å². The minimum Gasteiger partial charge on any atom is -0.481 e. The van der Waals surface area contributed by atoms with E-state index in [0.29, 0.717) is 18.4 Å². The molecule has 1 saturated carbocycles. The van der Waals surface area contributed by atoms with Gasteiger partial charge < -0.3 is 9.67 Å². The van der Waals surface area contributed by atoms with Crippen molar-refractivity contribution in [3.05, 3.63) is 24.5 Å². The van der Waals surface area contributed by atoms with Gasteiger partial charge in [0.25, 0.3) is 0 Å². The van der Waals surface area contributed by atoms with Gasteiger partial charge in [-0.3, -0.25) is 4.79 Å². The SMILES string of the molecule is O=C(O)CCC1CCCC1n1cccc1. The molecule has 0 aliphatic heterocycles. The van der Waals surface area contributed by atoms with Crippen LogP contribution in [0.5, 0.6) is 0 Å². The van der Waals surface area contributed by atoms with E-state index in [-0.39, 0.29) is 0 Å². The van der Waals surface area contributed by atoms with E-state index in [1.807, 2.05) is 12.1 Å². The Morgan fingerprint density at radius 1 is 1.33 bits per heavy atom. The summed E-state index contributed by atoms with van der Waals surface area (Å²) in [5, 5.41) is 8.68. The normalized spacial score (nSPS) is 25.6. The third-order valence-electron chi connectivity index (χ3n) is 3.36. The van der Waals surface area contributed by atoms with E-state index < -0.39 is 5.97 Å². The predicted molar refractivity (Wildman–Crippen MR) is 57.7 cm³/mol. The van der Waals surface area contributed by atoms with Crippen LogP contribution >= 0.6 is 0 Å². The van der Waals surface area contributed by atoms with E-state index in [1.54, 1.807) is 0 Å². The zero-order valence-corrected chi connectivity index (χ0v) is 8.80. The first-order valence-electron chi connectivity index (χ1n) is 5.61. The second-order valence-corrected chi connectivity index (χ2v) is 4.32. The van der Waals surface area contributed by atoms with Crippen molar-refractivity contribution >= 4 is 5.97 Å². The topological polar surface area (TPSA) is 42.2 Å². The summed E-state index contributed by atoms with van der Waals surface area (Å²) >= 11 is 0. The molecule has 3 heteroatoms. The summed E-state index contributed by atoms with van der Waals surface area (Å²) in [7, 11) is 0. The summed E-state index contributed by atoms with van der Waals surface area (Å²) in [5.41, 5.74) is 0. The molecule has 2 unspecified atom stereocenters. The molecule has 0 bridgehead atoms. The van der Waals surface area contributed by atoms with Crippen molar-refractivity contribution in [1.82, 2.24) is 4.57 Å². The van der Waals surface area contributed by atoms with Crippen molar-refractivity contribution in [2.75, 3.05) is 0 Å². The van der Waals surface area contributed by atoms with Crippen LogP contribution in [0.2, 0.25) is 0 Å². The predicted octanol–water partition coefficient (Wildman–Crippen LogP) is 2.69. The Morgan fingerprint density at radius 3 is 2.73 bits per heavy atom. The molecule has 1 aromatic rings. The largest absolute Gasteiger partial charge is 0.481 e. The molecule has 15 heavy (non-hydrogen) atoms. The number of hydrogen-bond acceptors (Lipinski definition) is 1. The third kappa shape index (κ3) is 2.41. The smallest absolute Gasteiger partial charge is 0.303 e. The van der Waals surface area contributed by atoms with Gasteiger partial charge in [0.2, 0.25) is 0 Å². The molecule has 1 heterocycles.